The molecule has 3 rings (SSSR count). The van der Waals surface area contributed by atoms with Crippen LogP contribution in [0.5, 0.6) is 0 Å². The number of likely N-dealkylation sites (tertiary alicyclic amines) is 1. The maximum absolute atomic E-state index is 5.58. The fourth-order valence-electron chi connectivity index (χ4n) is 3.28. The first kappa shape index (κ1) is 18.5. The first-order valence-electron chi connectivity index (χ1n) is 9.48. The van der Waals surface area contributed by atoms with Gasteiger partial charge in [-0.3, -0.25) is 4.99 Å². The average molecular weight is 355 g/mol. The molecule has 0 spiro atoms. The lowest BCUT2D eigenvalue weighted by molar-refractivity contribution is 0.206. The highest BCUT2D eigenvalue weighted by molar-refractivity contribution is 5.79. The highest BCUT2D eigenvalue weighted by Crippen LogP contribution is 2.17. The minimum absolute atomic E-state index is 0.478. The summed E-state index contributed by atoms with van der Waals surface area (Å²) < 4.78 is 5.58. The van der Waals surface area contributed by atoms with Gasteiger partial charge in [0.1, 0.15) is 6.26 Å². The molecule has 6 nitrogen and oxygen atoms in total. The van der Waals surface area contributed by atoms with Crippen molar-refractivity contribution >= 4 is 5.96 Å². The lowest BCUT2D eigenvalue weighted by Crippen LogP contribution is -2.48. The Bertz CT molecular complexity index is 689. The molecule has 6 heteroatoms. The molecule has 1 aromatic carbocycles. The smallest absolute Gasteiger partial charge is 0.226 e. The first-order chi connectivity index (χ1) is 12.8. The second-order valence-corrected chi connectivity index (χ2v) is 6.70. The maximum atomic E-state index is 5.58. The molecule has 0 aliphatic carbocycles. The van der Waals surface area contributed by atoms with Gasteiger partial charge in [0.2, 0.25) is 5.89 Å². The van der Waals surface area contributed by atoms with E-state index in [4.69, 9.17) is 4.42 Å². The van der Waals surface area contributed by atoms with Crippen LogP contribution in [0.25, 0.3) is 11.5 Å². The summed E-state index contributed by atoms with van der Waals surface area (Å²) in [6, 6.07) is 10.4. The third kappa shape index (κ3) is 5.08. The number of aliphatic imine (C=N–C) groups is 1. The summed E-state index contributed by atoms with van der Waals surface area (Å²) in [6.45, 7) is 6.35. The van der Waals surface area contributed by atoms with Gasteiger partial charge in [0.05, 0.1) is 12.2 Å². The van der Waals surface area contributed by atoms with E-state index in [0.29, 0.717) is 18.5 Å². The highest BCUT2D eigenvalue weighted by Gasteiger charge is 2.19. The number of hydrogen-bond acceptors (Lipinski definition) is 4. The van der Waals surface area contributed by atoms with Crippen molar-refractivity contribution in [1.29, 1.82) is 0 Å². The number of aromatic nitrogens is 1. The van der Waals surface area contributed by atoms with Gasteiger partial charge < -0.3 is 20.0 Å². The second kappa shape index (κ2) is 9.38. The fourth-order valence-corrected chi connectivity index (χ4v) is 3.28. The van der Waals surface area contributed by atoms with Crippen molar-refractivity contribution in [3.63, 3.8) is 0 Å². The predicted molar refractivity (Wildman–Crippen MR) is 105 cm³/mol. The number of rotatable bonds is 6. The molecule has 1 aromatic heterocycles. The van der Waals surface area contributed by atoms with E-state index in [9.17, 15) is 0 Å². The zero-order valence-electron chi connectivity index (χ0n) is 15.7. The van der Waals surface area contributed by atoms with Crippen LogP contribution in [0.3, 0.4) is 0 Å². The zero-order valence-corrected chi connectivity index (χ0v) is 15.7. The van der Waals surface area contributed by atoms with E-state index in [-0.39, 0.29) is 0 Å². The number of guanidine groups is 1. The number of piperidine rings is 1. The standard InChI is InChI=1S/C20H29N5O/c1-3-11-25-12-9-17(10-13-25)24-20(21-2)22-14-18-15-26-19(23-18)16-7-5-4-6-8-16/h4-8,15,17H,3,9-14H2,1-2H3,(H2,21,22,24). The second-order valence-electron chi connectivity index (χ2n) is 6.70. The van der Waals surface area contributed by atoms with Crippen LogP contribution in [0.4, 0.5) is 0 Å². The molecule has 2 heterocycles. The van der Waals surface area contributed by atoms with Crippen molar-refractivity contribution in [2.75, 3.05) is 26.7 Å². The van der Waals surface area contributed by atoms with Gasteiger partial charge in [0.15, 0.2) is 5.96 Å². The van der Waals surface area contributed by atoms with Crippen molar-refractivity contribution in [2.24, 2.45) is 4.99 Å². The third-order valence-corrected chi connectivity index (χ3v) is 4.70. The molecule has 1 saturated heterocycles. The van der Waals surface area contributed by atoms with Crippen molar-refractivity contribution < 1.29 is 4.42 Å². The summed E-state index contributed by atoms with van der Waals surface area (Å²) in [5, 5.41) is 6.87. The molecule has 0 radical (unpaired) electrons. The van der Waals surface area contributed by atoms with Gasteiger partial charge in [-0.15, -0.1) is 0 Å². The Kier molecular flexibility index (Phi) is 6.66. The van der Waals surface area contributed by atoms with Gasteiger partial charge in [0.25, 0.3) is 0 Å². The molecule has 140 valence electrons. The molecule has 0 unspecified atom stereocenters. The van der Waals surface area contributed by atoms with E-state index in [1.807, 2.05) is 30.3 Å². The Morgan fingerprint density at radius 2 is 2.04 bits per heavy atom. The molecular weight excluding hydrogens is 326 g/mol. The summed E-state index contributed by atoms with van der Waals surface area (Å²) in [5.74, 6) is 1.47. The van der Waals surface area contributed by atoms with Crippen LogP contribution < -0.4 is 10.6 Å². The van der Waals surface area contributed by atoms with Crippen molar-refractivity contribution in [3.05, 3.63) is 42.3 Å². The Hall–Kier alpha value is -2.34. The number of oxazole rings is 1. The molecule has 26 heavy (non-hydrogen) atoms. The van der Waals surface area contributed by atoms with Gasteiger partial charge in [-0.05, 0) is 37.9 Å². The zero-order chi connectivity index (χ0) is 18.2. The van der Waals surface area contributed by atoms with Crippen molar-refractivity contribution in [2.45, 2.75) is 38.8 Å². The topological polar surface area (TPSA) is 65.7 Å². The van der Waals surface area contributed by atoms with E-state index in [1.54, 1.807) is 13.3 Å². The van der Waals surface area contributed by atoms with Gasteiger partial charge in [-0.25, -0.2) is 4.98 Å². The first-order valence-corrected chi connectivity index (χ1v) is 9.48. The molecule has 2 aromatic rings. The summed E-state index contributed by atoms with van der Waals surface area (Å²) in [5.41, 5.74) is 1.85. The van der Waals surface area contributed by atoms with E-state index < -0.39 is 0 Å². The van der Waals surface area contributed by atoms with E-state index >= 15 is 0 Å². The molecule has 0 atom stereocenters. The van der Waals surface area contributed by atoms with Crippen LogP contribution in [0, 0.1) is 0 Å². The van der Waals surface area contributed by atoms with Gasteiger partial charge in [0, 0.05) is 31.7 Å². The lowest BCUT2D eigenvalue weighted by Gasteiger charge is -2.32. The number of nitrogens with zero attached hydrogens (tertiary/aromatic N) is 3. The van der Waals surface area contributed by atoms with Gasteiger partial charge in [-0.2, -0.15) is 0 Å². The minimum Gasteiger partial charge on any atom is -0.444 e. The predicted octanol–water partition coefficient (Wildman–Crippen LogP) is 2.88. The Labute approximate surface area is 155 Å². The van der Waals surface area contributed by atoms with E-state index in [1.165, 1.54) is 13.0 Å². The molecule has 0 saturated carbocycles. The molecule has 1 fully saturated rings. The molecule has 2 N–H and O–H groups in total. The minimum atomic E-state index is 0.478. The van der Waals surface area contributed by atoms with Gasteiger partial charge in [-0.1, -0.05) is 25.1 Å². The summed E-state index contributed by atoms with van der Waals surface area (Å²) in [6.07, 6.45) is 5.24. The van der Waals surface area contributed by atoms with E-state index in [2.05, 4.69) is 32.4 Å². The molecule has 0 amide bonds. The number of benzene rings is 1. The SMILES string of the molecule is CCCN1CCC(NC(=NC)NCc2coc(-c3ccccc3)n2)CC1. The quantitative estimate of drug-likeness (QED) is 0.616. The van der Waals surface area contributed by atoms with Crippen LogP contribution in [-0.4, -0.2) is 48.6 Å². The van der Waals surface area contributed by atoms with Gasteiger partial charge >= 0.3 is 0 Å². The molecule has 1 aliphatic heterocycles. The molecular formula is C20H29N5O. The molecule has 1 aliphatic rings. The highest BCUT2D eigenvalue weighted by atomic mass is 16.3. The Balaban J connectivity index is 1.47. The van der Waals surface area contributed by atoms with E-state index in [0.717, 1.165) is 43.1 Å². The summed E-state index contributed by atoms with van der Waals surface area (Å²) in [7, 11) is 1.81. The monoisotopic (exact) mass is 355 g/mol. The van der Waals surface area contributed by atoms with Crippen molar-refractivity contribution in [3.8, 4) is 11.5 Å². The van der Waals surface area contributed by atoms with Crippen LogP contribution in [-0.2, 0) is 6.54 Å². The summed E-state index contributed by atoms with van der Waals surface area (Å²) >= 11 is 0. The molecule has 0 bridgehead atoms. The van der Waals surface area contributed by atoms with Crippen LogP contribution in [0.15, 0.2) is 46.0 Å². The lowest BCUT2D eigenvalue weighted by atomic mass is 10.1. The van der Waals surface area contributed by atoms with Crippen LogP contribution >= 0.6 is 0 Å². The average Bonchev–Trinajstić information content (AvgIpc) is 3.16. The number of hydrogen-bond donors (Lipinski definition) is 2. The van der Waals surface area contributed by atoms with Crippen LogP contribution in [0.2, 0.25) is 0 Å². The maximum Gasteiger partial charge on any atom is 0.226 e. The Morgan fingerprint density at radius 1 is 1.27 bits per heavy atom. The Morgan fingerprint density at radius 3 is 2.73 bits per heavy atom. The normalized spacial score (nSPS) is 16.6. The number of nitrogens with one attached hydrogen (secondary N) is 2. The fraction of sp³-hybridized carbons (Fsp3) is 0.500. The third-order valence-electron chi connectivity index (χ3n) is 4.70. The summed E-state index contributed by atoms with van der Waals surface area (Å²) in [4.78, 5) is 11.4. The van der Waals surface area contributed by atoms with Crippen molar-refractivity contribution in [1.82, 2.24) is 20.5 Å². The largest absolute Gasteiger partial charge is 0.444 e. The van der Waals surface area contributed by atoms with Crippen LogP contribution in [0.1, 0.15) is 31.9 Å².